The molecule has 0 unspecified atom stereocenters. The minimum absolute atomic E-state index is 0.0617. The first kappa shape index (κ1) is 25.2. The molecule has 0 aliphatic heterocycles. The summed E-state index contributed by atoms with van der Waals surface area (Å²) in [7, 11) is 0. The highest BCUT2D eigenvalue weighted by molar-refractivity contribution is 6.02. The van der Waals surface area contributed by atoms with Gasteiger partial charge >= 0.3 is 12.1 Å². The van der Waals surface area contributed by atoms with E-state index in [0.29, 0.717) is 22.9 Å². The monoisotopic (exact) mass is 498 g/mol. The van der Waals surface area contributed by atoms with E-state index in [2.05, 4.69) is 16.0 Å². The Kier molecular flexibility index (Phi) is 8.33. The summed E-state index contributed by atoms with van der Waals surface area (Å²) in [6.45, 7) is 2.26. The number of anilines is 3. The first-order valence-electron chi connectivity index (χ1n) is 11.8. The molecular weight excluding hydrogens is 471 g/mol. The molecule has 4 aromatic carbocycles. The molecule has 0 radical (unpaired) electrons. The first-order valence-corrected chi connectivity index (χ1v) is 11.8. The highest BCUT2D eigenvalue weighted by Gasteiger charge is 2.18. The van der Waals surface area contributed by atoms with E-state index in [9.17, 15) is 14.0 Å². The number of ether oxygens (including phenoxy) is 1. The van der Waals surface area contributed by atoms with Crippen LogP contribution in [0, 0.1) is 12.7 Å². The van der Waals surface area contributed by atoms with E-state index in [1.54, 1.807) is 36.4 Å². The predicted molar refractivity (Wildman–Crippen MR) is 144 cm³/mol. The highest BCUT2D eigenvalue weighted by atomic mass is 19.1. The largest absolute Gasteiger partial charge is 0.457 e. The molecule has 4 rings (SSSR count). The highest BCUT2D eigenvalue weighted by Crippen LogP contribution is 2.25. The van der Waals surface area contributed by atoms with Crippen LogP contribution in [0.25, 0.3) is 0 Å². The van der Waals surface area contributed by atoms with Gasteiger partial charge in [0.2, 0.25) is 0 Å². The summed E-state index contributed by atoms with van der Waals surface area (Å²) in [5.74, 6) is 0.742. The van der Waals surface area contributed by atoms with Gasteiger partial charge in [-0.1, -0.05) is 48.0 Å². The van der Waals surface area contributed by atoms with Crippen molar-refractivity contribution in [3.8, 4) is 11.5 Å². The lowest BCUT2D eigenvalue weighted by Crippen LogP contribution is -2.42. The van der Waals surface area contributed by atoms with E-state index >= 15 is 0 Å². The molecule has 188 valence electrons. The van der Waals surface area contributed by atoms with Gasteiger partial charge in [-0.3, -0.25) is 4.90 Å². The molecule has 0 aliphatic carbocycles. The van der Waals surface area contributed by atoms with Gasteiger partial charge in [0, 0.05) is 24.5 Å². The molecule has 0 saturated carbocycles. The maximum Gasteiger partial charge on any atom is 0.326 e. The molecule has 4 aromatic rings. The second-order valence-corrected chi connectivity index (χ2v) is 8.22. The van der Waals surface area contributed by atoms with Gasteiger partial charge in [0.25, 0.3) is 0 Å². The third-order valence-corrected chi connectivity index (χ3v) is 5.42. The average molecular weight is 499 g/mol. The Morgan fingerprint density at radius 1 is 0.784 bits per heavy atom. The molecule has 0 fully saturated rings. The van der Waals surface area contributed by atoms with Crippen molar-refractivity contribution in [2.75, 3.05) is 28.6 Å². The first-order chi connectivity index (χ1) is 18.0. The Bertz CT molecular complexity index is 1330. The number of amides is 4. The molecule has 0 heterocycles. The van der Waals surface area contributed by atoms with E-state index in [-0.39, 0.29) is 18.8 Å². The fraction of sp³-hybridized carbons (Fsp3) is 0.103. The Labute approximate surface area is 214 Å². The van der Waals surface area contributed by atoms with Gasteiger partial charge in [-0.15, -0.1) is 0 Å². The summed E-state index contributed by atoms with van der Waals surface area (Å²) in [4.78, 5) is 26.9. The van der Waals surface area contributed by atoms with Crippen LogP contribution in [0.5, 0.6) is 11.5 Å². The number of benzene rings is 4. The van der Waals surface area contributed by atoms with E-state index in [1.165, 1.54) is 17.0 Å². The molecule has 8 heteroatoms. The van der Waals surface area contributed by atoms with Gasteiger partial charge in [0.05, 0.1) is 5.69 Å². The van der Waals surface area contributed by atoms with Crippen molar-refractivity contribution in [1.29, 1.82) is 0 Å². The number of carbonyl (C=O) groups excluding carboxylic acids is 2. The minimum Gasteiger partial charge on any atom is -0.457 e. The normalized spacial score (nSPS) is 10.3. The molecule has 0 aliphatic rings. The van der Waals surface area contributed by atoms with Crippen molar-refractivity contribution in [1.82, 2.24) is 5.32 Å². The smallest absolute Gasteiger partial charge is 0.326 e. The summed E-state index contributed by atoms with van der Waals surface area (Å²) in [6.07, 6.45) is 0. The van der Waals surface area contributed by atoms with Gasteiger partial charge in [-0.2, -0.15) is 0 Å². The van der Waals surface area contributed by atoms with Crippen molar-refractivity contribution < 1.29 is 18.7 Å². The lowest BCUT2D eigenvalue weighted by atomic mass is 10.2. The molecule has 7 nitrogen and oxygen atoms in total. The van der Waals surface area contributed by atoms with E-state index in [1.807, 2.05) is 61.5 Å². The van der Waals surface area contributed by atoms with Crippen LogP contribution < -0.4 is 25.6 Å². The zero-order valence-electron chi connectivity index (χ0n) is 20.3. The molecule has 0 bridgehead atoms. The number of nitrogens with zero attached hydrogens (tertiary/aromatic N) is 1. The predicted octanol–water partition coefficient (Wildman–Crippen LogP) is 6.79. The lowest BCUT2D eigenvalue weighted by molar-refractivity contribution is 0.250. The minimum atomic E-state index is -0.544. The third-order valence-electron chi connectivity index (χ3n) is 5.42. The fourth-order valence-electron chi connectivity index (χ4n) is 3.51. The topological polar surface area (TPSA) is 82.7 Å². The van der Waals surface area contributed by atoms with Crippen LogP contribution in [-0.4, -0.2) is 25.2 Å². The van der Waals surface area contributed by atoms with Crippen LogP contribution >= 0.6 is 0 Å². The number of carbonyl (C=O) groups is 2. The average Bonchev–Trinajstić information content (AvgIpc) is 2.90. The molecule has 3 N–H and O–H groups in total. The SMILES string of the molecule is Cc1ccc(NC(=O)NCCN(C(=O)Nc2ccccc2F)c2ccc(Oc3ccccc3)cc2)cc1. The van der Waals surface area contributed by atoms with Crippen LogP contribution in [0.1, 0.15) is 5.56 Å². The molecular formula is C29H27FN4O3. The van der Waals surface area contributed by atoms with Crippen LogP contribution in [0.15, 0.2) is 103 Å². The number of hydrogen-bond acceptors (Lipinski definition) is 3. The summed E-state index contributed by atoms with van der Waals surface area (Å²) in [5.41, 5.74) is 2.36. The number of hydrogen-bond donors (Lipinski definition) is 3. The van der Waals surface area contributed by atoms with Crippen molar-refractivity contribution in [3.63, 3.8) is 0 Å². The number of aryl methyl sites for hydroxylation is 1. The quantitative estimate of drug-likeness (QED) is 0.250. The molecule has 0 spiro atoms. The van der Waals surface area contributed by atoms with Crippen LogP contribution in [-0.2, 0) is 0 Å². The Balaban J connectivity index is 1.44. The van der Waals surface area contributed by atoms with Crippen molar-refractivity contribution >= 4 is 29.1 Å². The summed E-state index contributed by atoms with van der Waals surface area (Å²) in [6, 6.07) is 28.7. The van der Waals surface area contributed by atoms with Crippen LogP contribution in [0.4, 0.5) is 31.0 Å². The Morgan fingerprint density at radius 3 is 2.14 bits per heavy atom. The molecule has 4 amide bonds. The number of nitrogens with one attached hydrogen (secondary N) is 3. The van der Waals surface area contributed by atoms with Gasteiger partial charge < -0.3 is 20.7 Å². The number of urea groups is 2. The molecule has 0 aromatic heterocycles. The summed E-state index contributed by atoms with van der Waals surface area (Å²) in [5, 5.41) is 8.10. The molecule has 37 heavy (non-hydrogen) atoms. The summed E-state index contributed by atoms with van der Waals surface area (Å²) >= 11 is 0. The maximum absolute atomic E-state index is 14.2. The fourth-order valence-corrected chi connectivity index (χ4v) is 3.51. The zero-order valence-corrected chi connectivity index (χ0v) is 20.3. The van der Waals surface area contributed by atoms with Gasteiger partial charge in [0.1, 0.15) is 17.3 Å². The Hall–Kier alpha value is -4.85. The number of para-hydroxylation sites is 2. The zero-order chi connectivity index (χ0) is 26.0. The van der Waals surface area contributed by atoms with Gasteiger partial charge in [0.15, 0.2) is 0 Å². The van der Waals surface area contributed by atoms with Crippen LogP contribution in [0.2, 0.25) is 0 Å². The standard InChI is InChI=1S/C29H27FN4O3/c1-21-11-13-22(14-12-21)32-28(35)31-19-20-34(29(36)33-27-10-6-5-9-26(27)30)23-15-17-25(18-16-23)37-24-7-3-2-4-8-24/h2-18H,19-20H2,1H3,(H,33,36)(H2,31,32,35). The third kappa shape index (κ3) is 7.32. The van der Waals surface area contributed by atoms with Gasteiger partial charge in [-0.05, 0) is 67.6 Å². The number of halogens is 1. The van der Waals surface area contributed by atoms with Crippen molar-refractivity contribution in [2.45, 2.75) is 6.92 Å². The number of rotatable bonds is 8. The van der Waals surface area contributed by atoms with E-state index < -0.39 is 17.9 Å². The summed E-state index contributed by atoms with van der Waals surface area (Å²) < 4.78 is 20.0. The maximum atomic E-state index is 14.2. The lowest BCUT2D eigenvalue weighted by Gasteiger charge is -2.24. The molecule has 0 saturated heterocycles. The van der Waals surface area contributed by atoms with E-state index in [4.69, 9.17) is 4.74 Å². The van der Waals surface area contributed by atoms with Crippen molar-refractivity contribution in [3.05, 3.63) is 115 Å². The second-order valence-electron chi connectivity index (χ2n) is 8.22. The van der Waals surface area contributed by atoms with Crippen LogP contribution in [0.3, 0.4) is 0 Å². The van der Waals surface area contributed by atoms with Crippen molar-refractivity contribution in [2.24, 2.45) is 0 Å². The Morgan fingerprint density at radius 2 is 1.43 bits per heavy atom. The van der Waals surface area contributed by atoms with E-state index in [0.717, 1.165) is 5.56 Å². The second kappa shape index (κ2) is 12.2. The molecule has 0 atom stereocenters. The van der Waals surface area contributed by atoms with Gasteiger partial charge in [-0.25, -0.2) is 14.0 Å².